The first kappa shape index (κ1) is 15.0. The number of aliphatic hydroxyl groups is 1. The molecule has 1 fully saturated rings. The Hall–Kier alpha value is -1.36. The molecule has 0 spiro atoms. The van der Waals surface area contributed by atoms with Gasteiger partial charge in [0.2, 0.25) is 0 Å². The highest BCUT2D eigenvalue weighted by molar-refractivity contribution is 5.48. The largest absolute Gasteiger partial charge is 0.396 e. The van der Waals surface area contributed by atoms with Gasteiger partial charge in [0.05, 0.1) is 0 Å². The number of nitrogens with one attached hydrogen (secondary N) is 2. The summed E-state index contributed by atoms with van der Waals surface area (Å²) in [5.41, 5.74) is 0.0627. The Kier molecular flexibility index (Phi) is 4.48. The van der Waals surface area contributed by atoms with Crippen molar-refractivity contribution in [3.05, 3.63) is 11.9 Å². The average Bonchev–Trinajstić information content (AvgIpc) is 3.21. The molecule has 5 nitrogen and oxygen atoms in total. The van der Waals surface area contributed by atoms with E-state index in [1.165, 1.54) is 12.8 Å². The van der Waals surface area contributed by atoms with E-state index in [1.807, 2.05) is 13.1 Å². The third kappa shape index (κ3) is 3.82. The minimum atomic E-state index is 0.0627. The summed E-state index contributed by atoms with van der Waals surface area (Å²) in [6, 6.07) is 2.11. The summed E-state index contributed by atoms with van der Waals surface area (Å²) in [5.74, 6) is 3.14. The molecule has 0 aromatic carbocycles. The fourth-order valence-corrected chi connectivity index (χ4v) is 2.22. The van der Waals surface area contributed by atoms with Crippen molar-refractivity contribution in [2.24, 2.45) is 5.41 Å². The number of rotatable bonds is 6. The lowest BCUT2D eigenvalue weighted by atomic mass is 9.85. The van der Waals surface area contributed by atoms with Crippen LogP contribution in [0.3, 0.4) is 0 Å². The number of aromatic nitrogens is 2. The van der Waals surface area contributed by atoms with Gasteiger partial charge in [-0.05, 0) is 24.7 Å². The van der Waals surface area contributed by atoms with E-state index in [4.69, 9.17) is 0 Å². The van der Waals surface area contributed by atoms with Gasteiger partial charge in [0.25, 0.3) is 0 Å². The molecular weight excluding hydrogens is 252 g/mol. The molecule has 0 bridgehead atoms. The predicted octanol–water partition coefficient (Wildman–Crippen LogP) is 2.60. The Morgan fingerprint density at radius 1 is 1.30 bits per heavy atom. The highest BCUT2D eigenvalue weighted by atomic mass is 16.3. The molecule has 0 saturated heterocycles. The highest BCUT2D eigenvalue weighted by Crippen LogP contribution is 2.39. The van der Waals surface area contributed by atoms with Gasteiger partial charge in [0.1, 0.15) is 17.5 Å². The number of hydrogen-bond acceptors (Lipinski definition) is 5. The fourth-order valence-electron chi connectivity index (χ4n) is 2.22. The molecule has 0 aliphatic heterocycles. The van der Waals surface area contributed by atoms with E-state index < -0.39 is 0 Å². The third-order valence-corrected chi connectivity index (χ3v) is 3.73. The molecule has 1 atom stereocenters. The Labute approximate surface area is 121 Å². The third-order valence-electron chi connectivity index (χ3n) is 3.73. The van der Waals surface area contributed by atoms with Crippen LogP contribution in [0.5, 0.6) is 0 Å². The molecule has 1 saturated carbocycles. The smallest absolute Gasteiger partial charge is 0.136 e. The highest BCUT2D eigenvalue weighted by Gasteiger charge is 2.29. The van der Waals surface area contributed by atoms with Crippen molar-refractivity contribution in [3.8, 4) is 0 Å². The van der Waals surface area contributed by atoms with E-state index in [0.29, 0.717) is 12.3 Å². The van der Waals surface area contributed by atoms with Gasteiger partial charge < -0.3 is 15.7 Å². The van der Waals surface area contributed by atoms with E-state index in [-0.39, 0.29) is 18.1 Å². The molecule has 1 aromatic rings. The monoisotopic (exact) mass is 278 g/mol. The van der Waals surface area contributed by atoms with Crippen LogP contribution in [0.15, 0.2) is 6.07 Å². The number of nitrogens with zero attached hydrogens (tertiary/aromatic N) is 2. The van der Waals surface area contributed by atoms with Gasteiger partial charge in [0, 0.05) is 31.7 Å². The summed E-state index contributed by atoms with van der Waals surface area (Å²) >= 11 is 0. The van der Waals surface area contributed by atoms with E-state index in [9.17, 15) is 5.11 Å². The van der Waals surface area contributed by atoms with Crippen molar-refractivity contribution in [1.82, 2.24) is 9.97 Å². The summed E-state index contributed by atoms with van der Waals surface area (Å²) in [5, 5.41) is 15.8. The Morgan fingerprint density at radius 2 is 1.95 bits per heavy atom. The quantitative estimate of drug-likeness (QED) is 0.746. The second-order valence-electron chi connectivity index (χ2n) is 6.60. The van der Waals surface area contributed by atoms with Crippen LogP contribution in [0.2, 0.25) is 0 Å². The molecule has 0 amide bonds. The summed E-state index contributed by atoms with van der Waals surface area (Å²) in [6.45, 7) is 6.68. The average molecular weight is 278 g/mol. The van der Waals surface area contributed by atoms with Crippen molar-refractivity contribution in [2.75, 3.05) is 24.3 Å². The van der Waals surface area contributed by atoms with Crippen molar-refractivity contribution < 1.29 is 5.11 Å². The SMILES string of the molecule is CNc1cc(NC(CCO)C(C)(C)C)nc(C2CC2)n1. The van der Waals surface area contributed by atoms with Gasteiger partial charge in [0.15, 0.2) is 0 Å². The van der Waals surface area contributed by atoms with Gasteiger partial charge in [-0.1, -0.05) is 20.8 Å². The normalized spacial score (nSPS) is 16.9. The van der Waals surface area contributed by atoms with Crippen molar-refractivity contribution >= 4 is 11.6 Å². The molecule has 112 valence electrons. The van der Waals surface area contributed by atoms with Crippen molar-refractivity contribution in [3.63, 3.8) is 0 Å². The molecule has 1 aliphatic rings. The van der Waals surface area contributed by atoms with Crippen LogP contribution >= 0.6 is 0 Å². The zero-order valence-corrected chi connectivity index (χ0v) is 12.9. The van der Waals surface area contributed by atoms with Crippen molar-refractivity contribution in [1.29, 1.82) is 0 Å². The second-order valence-corrected chi connectivity index (χ2v) is 6.60. The Bertz CT molecular complexity index is 452. The zero-order valence-electron chi connectivity index (χ0n) is 12.9. The fraction of sp³-hybridized carbons (Fsp3) is 0.733. The predicted molar refractivity (Wildman–Crippen MR) is 82.1 cm³/mol. The van der Waals surface area contributed by atoms with Gasteiger partial charge in [-0.15, -0.1) is 0 Å². The molecule has 1 unspecified atom stereocenters. The minimum absolute atomic E-state index is 0.0627. The van der Waals surface area contributed by atoms with Crippen LogP contribution in [0.4, 0.5) is 11.6 Å². The lowest BCUT2D eigenvalue weighted by Crippen LogP contribution is -2.35. The molecule has 2 rings (SSSR count). The van der Waals surface area contributed by atoms with Crippen LogP contribution in [0.25, 0.3) is 0 Å². The Balaban J connectivity index is 2.19. The maximum absolute atomic E-state index is 9.25. The number of anilines is 2. The summed E-state index contributed by atoms with van der Waals surface area (Å²) < 4.78 is 0. The first-order valence-electron chi connectivity index (χ1n) is 7.38. The molecule has 5 heteroatoms. The van der Waals surface area contributed by atoms with Gasteiger partial charge in [-0.25, -0.2) is 9.97 Å². The summed E-state index contributed by atoms with van der Waals surface area (Å²) in [7, 11) is 1.87. The lowest BCUT2D eigenvalue weighted by molar-refractivity contribution is 0.235. The van der Waals surface area contributed by atoms with Crippen LogP contribution in [-0.2, 0) is 0 Å². The Morgan fingerprint density at radius 3 is 2.45 bits per heavy atom. The minimum Gasteiger partial charge on any atom is -0.396 e. The lowest BCUT2D eigenvalue weighted by Gasteiger charge is -2.31. The van der Waals surface area contributed by atoms with E-state index in [0.717, 1.165) is 17.5 Å². The molecular formula is C15H26N4O. The van der Waals surface area contributed by atoms with Crippen LogP contribution < -0.4 is 10.6 Å². The summed E-state index contributed by atoms with van der Waals surface area (Å²) in [4.78, 5) is 9.15. The van der Waals surface area contributed by atoms with Crippen LogP contribution in [0, 0.1) is 5.41 Å². The maximum Gasteiger partial charge on any atom is 0.136 e. The molecule has 3 N–H and O–H groups in total. The molecule has 1 heterocycles. The van der Waals surface area contributed by atoms with Crippen LogP contribution in [0.1, 0.15) is 51.8 Å². The number of aliphatic hydroxyl groups excluding tert-OH is 1. The van der Waals surface area contributed by atoms with E-state index in [1.54, 1.807) is 0 Å². The molecule has 1 aromatic heterocycles. The summed E-state index contributed by atoms with van der Waals surface area (Å²) in [6.07, 6.45) is 3.08. The van der Waals surface area contributed by atoms with Gasteiger partial charge in [-0.2, -0.15) is 0 Å². The topological polar surface area (TPSA) is 70.1 Å². The van der Waals surface area contributed by atoms with Gasteiger partial charge >= 0.3 is 0 Å². The molecule has 0 radical (unpaired) electrons. The van der Waals surface area contributed by atoms with Crippen LogP contribution in [-0.4, -0.2) is 34.8 Å². The first-order chi connectivity index (χ1) is 9.44. The standard InChI is InChI=1S/C15H26N4O/c1-15(2,3)11(7-8-20)17-13-9-12(16-4)18-14(19-13)10-5-6-10/h9-11,20H,5-8H2,1-4H3,(H2,16,17,18,19). The number of hydrogen-bond donors (Lipinski definition) is 3. The van der Waals surface area contributed by atoms with Gasteiger partial charge in [-0.3, -0.25) is 0 Å². The second kappa shape index (κ2) is 5.95. The van der Waals surface area contributed by atoms with E-state index >= 15 is 0 Å². The van der Waals surface area contributed by atoms with Crippen molar-refractivity contribution in [2.45, 2.75) is 52.0 Å². The molecule has 20 heavy (non-hydrogen) atoms. The maximum atomic E-state index is 9.25. The molecule has 1 aliphatic carbocycles. The first-order valence-corrected chi connectivity index (χ1v) is 7.38. The zero-order chi connectivity index (χ0) is 14.8. The van der Waals surface area contributed by atoms with E-state index in [2.05, 4.69) is 41.4 Å².